The number of fused-ring (bicyclic) bond motifs is 1. The SMILES string of the molecule is O=C(O)C1CSC(c2nc3cn[c-]cc3s2)=N1.[Y]. The first kappa shape index (κ1) is 14.1. The van der Waals surface area contributed by atoms with Gasteiger partial charge in [-0.05, 0) is 5.52 Å². The van der Waals surface area contributed by atoms with E-state index in [0.29, 0.717) is 10.8 Å². The van der Waals surface area contributed by atoms with Crippen LogP contribution in [0.2, 0.25) is 0 Å². The van der Waals surface area contributed by atoms with Gasteiger partial charge in [0.1, 0.15) is 10.1 Å². The molecular weight excluding hydrogens is 347 g/mol. The molecule has 2 aromatic rings. The molecule has 8 heteroatoms. The molecule has 0 amide bonds. The molecule has 0 saturated heterocycles. The van der Waals surface area contributed by atoms with Crippen molar-refractivity contribution < 1.29 is 42.6 Å². The van der Waals surface area contributed by atoms with Gasteiger partial charge in [-0.25, -0.2) is 4.79 Å². The van der Waals surface area contributed by atoms with Gasteiger partial charge in [-0.1, -0.05) is 17.1 Å². The van der Waals surface area contributed by atoms with Gasteiger partial charge in [0.05, 0.1) is 0 Å². The summed E-state index contributed by atoms with van der Waals surface area (Å²) >= 11 is 2.91. The van der Waals surface area contributed by atoms with Crippen LogP contribution in [-0.2, 0) is 37.5 Å². The van der Waals surface area contributed by atoms with Gasteiger partial charge in [0, 0.05) is 38.5 Å². The summed E-state index contributed by atoms with van der Waals surface area (Å²) in [4.78, 5) is 23.2. The van der Waals surface area contributed by atoms with Gasteiger partial charge in [0.15, 0.2) is 6.04 Å². The Morgan fingerprint density at radius 3 is 3.06 bits per heavy atom. The molecule has 0 fully saturated rings. The fraction of sp³-hybridized carbons (Fsp3) is 0.200. The number of rotatable bonds is 2. The van der Waals surface area contributed by atoms with Gasteiger partial charge in [-0.15, -0.1) is 17.8 Å². The van der Waals surface area contributed by atoms with E-state index < -0.39 is 12.0 Å². The Bertz CT molecular complexity index is 595. The normalized spacial score (nSPS) is 18.4. The van der Waals surface area contributed by atoms with Crippen molar-refractivity contribution in [1.82, 2.24) is 9.97 Å². The molecule has 0 bridgehead atoms. The minimum atomic E-state index is -0.886. The number of hydrogen-bond donors (Lipinski definition) is 1. The quantitative estimate of drug-likeness (QED) is 0.827. The van der Waals surface area contributed by atoms with Crippen molar-refractivity contribution in [2.24, 2.45) is 4.99 Å². The van der Waals surface area contributed by atoms with E-state index in [2.05, 4.69) is 21.2 Å². The average molecular weight is 353 g/mol. The third-order valence-electron chi connectivity index (χ3n) is 2.26. The van der Waals surface area contributed by atoms with Crippen LogP contribution in [0.1, 0.15) is 5.01 Å². The first-order valence-electron chi connectivity index (χ1n) is 4.80. The van der Waals surface area contributed by atoms with Crippen molar-refractivity contribution >= 4 is 44.3 Å². The van der Waals surface area contributed by atoms with Crippen LogP contribution in [0.15, 0.2) is 17.3 Å². The Labute approximate surface area is 136 Å². The molecule has 0 spiro atoms. The zero-order valence-electron chi connectivity index (χ0n) is 9.03. The smallest absolute Gasteiger partial charge is 0.329 e. The Morgan fingerprint density at radius 1 is 1.56 bits per heavy atom. The molecule has 0 aromatic carbocycles. The summed E-state index contributed by atoms with van der Waals surface area (Å²) < 4.78 is 0.983. The van der Waals surface area contributed by atoms with Gasteiger partial charge in [0.25, 0.3) is 0 Å². The van der Waals surface area contributed by atoms with Gasteiger partial charge in [-0.2, -0.15) is 11.3 Å². The minimum absolute atomic E-state index is 0. The summed E-state index contributed by atoms with van der Waals surface area (Å²) in [5.41, 5.74) is 0.797. The number of thioether (sulfide) groups is 1. The van der Waals surface area contributed by atoms with Crippen LogP contribution in [0.5, 0.6) is 0 Å². The molecule has 3 rings (SSSR count). The molecule has 1 aliphatic heterocycles. The minimum Gasteiger partial charge on any atom is -0.480 e. The first-order valence-corrected chi connectivity index (χ1v) is 6.60. The molecule has 5 nitrogen and oxygen atoms in total. The van der Waals surface area contributed by atoms with Crippen LogP contribution in [-0.4, -0.2) is 37.9 Å². The fourth-order valence-electron chi connectivity index (χ4n) is 1.44. The van der Waals surface area contributed by atoms with Crippen molar-refractivity contribution in [1.29, 1.82) is 0 Å². The molecule has 1 aliphatic rings. The van der Waals surface area contributed by atoms with Gasteiger partial charge in [-0.3, -0.25) is 9.98 Å². The van der Waals surface area contributed by atoms with Crippen LogP contribution in [0, 0.1) is 6.20 Å². The molecule has 1 N–H and O–H groups in total. The topological polar surface area (TPSA) is 75.4 Å². The number of aliphatic imine (C=N–C) groups is 1. The van der Waals surface area contributed by atoms with E-state index >= 15 is 0 Å². The Hall–Kier alpha value is -0.366. The fourth-order valence-corrected chi connectivity index (χ4v) is 3.46. The van der Waals surface area contributed by atoms with Gasteiger partial charge >= 0.3 is 5.97 Å². The van der Waals surface area contributed by atoms with E-state index in [4.69, 9.17) is 5.11 Å². The Kier molecular flexibility index (Phi) is 4.47. The molecule has 0 aliphatic carbocycles. The van der Waals surface area contributed by atoms with Crippen LogP contribution in [0.25, 0.3) is 10.2 Å². The number of aromatic nitrogens is 2. The summed E-state index contributed by atoms with van der Waals surface area (Å²) in [5, 5.41) is 10.3. The van der Waals surface area contributed by atoms with E-state index in [1.807, 2.05) is 0 Å². The molecule has 1 unspecified atom stereocenters. The van der Waals surface area contributed by atoms with Crippen LogP contribution >= 0.6 is 23.1 Å². The molecule has 2 aromatic heterocycles. The third kappa shape index (κ3) is 2.64. The van der Waals surface area contributed by atoms with Crippen molar-refractivity contribution in [3.63, 3.8) is 0 Å². The zero-order valence-corrected chi connectivity index (χ0v) is 13.5. The number of pyridine rings is 1. The van der Waals surface area contributed by atoms with Crippen molar-refractivity contribution in [2.45, 2.75) is 6.04 Å². The molecule has 1 radical (unpaired) electrons. The zero-order chi connectivity index (χ0) is 11.8. The molecule has 0 saturated carbocycles. The maximum Gasteiger partial charge on any atom is 0.329 e. The number of carboxylic acid groups (broad SMARTS) is 1. The molecular formula is C10H6N3O2S2Y-. The van der Waals surface area contributed by atoms with Crippen LogP contribution in [0.3, 0.4) is 0 Å². The number of carbonyl (C=O) groups is 1. The summed E-state index contributed by atoms with van der Waals surface area (Å²) in [6, 6.07) is 1.12. The van der Waals surface area contributed by atoms with E-state index in [1.54, 1.807) is 12.3 Å². The second kappa shape index (κ2) is 5.73. The first-order chi connectivity index (χ1) is 8.24. The molecule has 1 atom stereocenters. The maximum absolute atomic E-state index is 10.8. The van der Waals surface area contributed by atoms with Gasteiger partial charge < -0.3 is 10.1 Å². The standard InChI is InChI=1S/C10H6N3O2S2.Y/c14-10(15)6-4-16-8(13-6)9-12-5-3-11-2-1-7(5)17-9;/h1,3,6H,4H2,(H,14,15);/q-1;. The third-order valence-corrected chi connectivity index (χ3v) is 4.47. The monoisotopic (exact) mass is 353 g/mol. The molecule has 18 heavy (non-hydrogen) atoms. The Balaban J connectivity index is 0.00000120. The van der Waals surface area contributed by atoms with Crippen molar-refractivity contribution in [3.8, 4) is 0 Å². The Morgan fingerprint density at radius 2 is 2.39 bits per heavy atom. The summed E-state index contributed by atoms with van der Waals surface area (Å²) in [6.45, 7) is 0. The van der Waals surface area contributed by atoms with Crippen LogP contribution < -0.4 is 0 Å². The predicted octanol–water partition coefficient (Wildman–Crippen LogP) is 1.44. The van der Waals surface area contributed by atoms with Crippen LogP contribution in [0.4, 0.5) is 0 Å². The number of hydrogen-bond acceptors (Lipinski definition) is 6. The second-order valence-electron chi connectivity index (χ2n) is 3.40. The van der Waals surface area contributed by atoms with E-state index in [0.717, 1.165) is 15.2 Å². The van der Waals surface area contributed by atoms with Gasteiger partial charge in [0.2, 0.25) is 0 Å². The van der Waals surface area contributed by atoms with E-state index in [9.17, 15) is 4.79 Å². The second-order valence-corrected chi connectivity index (χ2v) is 5.44. The number of nitrogens with zero attached hydrogens (tertiary/aromatic N) is 3. The molecule has 89 valence electrons. The number of thiazole rings is 1. The van der Waals surface area contributed by atoms with E-state index in [1.165, 1.54) is 23.1 Å². The van der Waals surface area contributed by atoms with E-state index in [-0.39, 0.29) is 32.7 Å². The summed E-state index contributed by atoms with van der Waals surface area (Å²) in [7, 11) is 0. The molecule has 3 heterocycles. The average Bonchev–Trinajstić information content (AvgIpc) is 2.95. The predicted molar refractivity (Wildman–Crippen MR) is 66.7 cm³/mol. The number of aliphatic carboxylic acids is 1. The van der Waals surface area contributed by atoms with Crippen molar-refractivity contribution in [3.05, 3.63) is 23.5 Å². The van der Waals surface area contributed by atoms with Crippen molar-refractivity contribution in [2.75, 3.05) is 5.75 Å². The summed E-state index contributed by atoms with van der Waals surface area (Å²) in [5.74, 6) is -0.408. The maximum atomic E-state index is 10.8. The summed E-state index contributed by atoms with van der Waals surface area (Å²) in [6.07, 6.45) is 4.39. The number of carboxylic acids is 1. The largest absolute Gasteiger partial charge is 0.480 e.